The third kappa shape index (κ3) is 3.85. The van der Waals surface area contributed by atoms with E-state index in [0.29, 0.717) is 6.07 Å². The van der Waals surface area contributed by atoms with Crippen molar-refractivity contribution in [2.24, 2.45) is 5.10 Å². The molecular formula is C14H10N4O7. The third-order valence-corrected chi connectivity index (χ3v) is 3.03. The molecule has 0 bridgehead atoms. The summed E-state index contributed by atoms with van der Waals surface area (Å²) in [5, 5.41) is 44.4. The number of phenols is 2. The summed E-state index contributed by atoms with van der Waals surface area (Å²) in [7, 11) is 0. The number of non-ortho nitro benzene ring substituents is 1. The molecule has 3 N–H and O–H groups in total. The van der Waals surface area contributed by atoms with Crippen molar-refractivity contribution in [3.63, 3.8) is 0 Å². The predicted molar refractivity (Wildman–Crippen MR) is 84.6 cm³/mol. The number of nitro benzene ring substituents is 2. The van der Waals surface area contributed by atoms with Gasteiger partial charge in [-0.1, -0.05) is 12.1 Å². The first-order valence-corrected chi connectivity index (χ1v) is 6.58. The largest absolute Gasteiger partial charge is 0.507 e. The topological polar surface area (TPSA) is 168 Å². The van der Waals surface area contributed by atoms with E-state index in [9.17, 15) is 35.2 Å². The van der Waals surface area contributed by atoms with Gasteiger partial charge in [0.15, 0.2) is 0 Å². The van der Waals surface area contributed by atoms with Crippen molar-refractivity contribution in [2.45, 2.75) is 0 Å². The lowest BCUT2D eigenvalue weighted by Gasteiger charge is -2.03. The Morgan fingerprint density at radius 3 is 2.40 bits per heavy atom. The molecule has 0 fully saturated rings. The SMILES string of the molecule is O=C(N/N=C/c1cc([N+](=O)[O-])cc([N+](=O)[O-])c1O)c1ccccc1O. The molecule has 2 aromatic carbocycles. The maximum atomic E-state index is 11.8. The molecule has 2 aromatic rings. The van der Waals surface area contributed by atoms with E-state index in [4.69, 9.17) is 0 Å². The van der Waals surface area contributed by atoms with Crippen LogP contribution in [0.15, 0.2) is 41.5 Å². The van der Waals surface area contributed by atoms with Gasteiger partial charge < -0.3 is 10.2 Å². The van der Waals surface area contributed by atoms with Crippen LogP contribution in [0.25, 0.3) is 0 Å². The van der Waals surface area contributed by atoms with Crippen LogP contribution < -0.4 is 5.43 Å². The van der Waals surface area contributed by atoms with Crippen LogP contribution in [0.4, 0.5) is 11.4 Å². The zero-order valence-electron chi connectivity index (χ0n) is 12.3. The number of benzene rings is 2. The van der Waals surface area contributed by atoms with Crippen LogP contribution in [-0.4, -0.2) is 32.2 Å². The quantitative estimate of drug-likeness (QED) is 0.420. The average Bonchev–Trinajstić information content (AvgIpc) is 2.56. The molecule has 25 heavy (non-hydrogen) atoms. The summed E-state index contributed by atoms with van der Waals surface area (Å²) in [4.78, 5) is 31.6. The van der Waals surface area contributed by atoms with Gasteiger partial charge in [0.1, 0.15) is 5.75 Å². The van der Waals surface area contributed by atoms with Gasteiger partial charge in [0.05, 0.1) is 33.3 Å². The lowest BCUT2D eigenvalue weighted by molar-refractivity contribution is -0.394. The molecule has 128 valence electrons. The van der Waals surface area contributed by atoms with E-state index in [-0.39, 0.29) is 16.9 Å². The van der Waals surface area contributed by atoms with Gasteiger partial charge in [-0.3, -0.25) is 25.0 Å². The Bertz CT molecular complexity index is 895. The number of para-hydroxylation sites is 1. The second-order valence-electron chi connectivity index (χ2n) is 4.63. The molecule has 0 saturated heterocycles. The van der Waals surface area contributed by atoms with E-state index in [0.717, 1.165) is 12.3 Å². The number of hydrogen-bond acceptors (Lipinski definition) is 8. The molecule has 0 atom stereocenters. The molecule has 0 aliphatic rings. The van der Waals surface area contributed by atoms with Crippen molar-refractivity contribution < 1.29 is 24.9 Å². The second kappa shape index (κ2) is 7.04. The molecule has 1 amide bonds. The van der Waals surface area contributed by atoms with Crippen LogP contribution in [0.1, 0.15) is 15.9 Å². The van der Waals surface area contributed by atoms with Crippen LogP contribution in [0.2, 0.25) is 0 Å². The first-order chi connectivity index (χ1) is 11.8. The van der Waals surface area contributed by atoms with Crippen molar-refractivity contribution in [1.82, 2.24) is 5.43 Å². The number of phenolic OH excluding ortho intramolecular Hbond substituents is 2. The Balaban J connectivity index is 2.29. The molecule has 0 saturated carbocycles. The van der Waals surface area contributed by atoms with Gasteiger partial charge in [0.25, 0.3) is 11.6 Å². The van der Waals surface area contributed by atoms with Crippen LogP contribution in [0.5, 0.6) is 11.5 Å². The zero-order chi connectivity index (χ0) is 18.6. The molecule has 11 heteroatoms. The number of amides is 1. The Labute approximate surface area is 139 Å². The summed E-state index contributed by atoms with van der Waals surface area (Å²) in [5.41, 5.74) is 0.123. The molecule has 0 aliphatic carbocycles. The van der Waals surface area contributed by atoms with Crippen molar-refractivity contribution in [3.05, 3.63) is 67.8 Å². The molecule has 2 rings (SSSR count). The molecule has 0 aromatic heterocycles. The highest BCUT2D eigenvalue weighted by Gasteiger charge is 2.23. The summed E-state index contributed by atoms with van der Waals surface area (Å²) < 4.78 is 0. The first kappa shape index (κ1) is 17.3. The van der Waals surface area contributed by atoms with Crippen LogP contribution in [-0.2, 0) is 0 Å². The number of nitro groups is 2. The normalized spacial score (nSPS) is 10.6. The lowest BCUT2D eigenvalue weighted by Crippen LogP contribution is -2.17. The maximum Gasteiger partial charge on any atom is 0.318 e. The van der Waals surface area contributed by atoms with E-state index in [1.165, 1.54) is 24.3 Å². The molecular weight excluding hydrogens is 336 g/mol. The second-order valence-corrected chi connectivity index (χ2v) is 4.63. The Morgan fingerprint density at radius 1 is 1.12 bits per heavy atom. The molecule has 0 unspecified atom stereocenters. The van der Waals surface area contributed by atoms with Crippen LogP contribution >= 0.6 is 0 Å². The first-order valence-electron chi connectivity index (χ1n) is 6.58. The highest BCUT2D eigenvalue weighted by molar-refractivity contribution is 5.97. The number of nitrogens with zero attached hydrogens (tertiary/aromatic N) is 3. The minimum absolute atomic E-state index is 0.0751. The van der Waals surface area contributed by atoms with Crippen molar-refractivity contribution >= 4 is 23.5 Å². The highest BCUT2D eigenvalue weighted by Crippen LogP contribution is 2.33. The Hall–Kier alpha value is -4.02. The van der Waals surface area contributed by atoms with E-state index in [2.05, 4.69) is 5.10 Å². The van der Waals surface area contributed by atoms with Gasteiger partial charge in [-0.25, -0.2) is 5.43 Å². The average molecular weight is 346 g/mol. The van der Waals surface area contributed by atoms with E-state index >= 15 is 0 Å². The van der Waals surface area contributed by atoms with Gasteiger partial charge in [0, 0.05) is 6.07 Å². The van der Waals surface area contributed by atoms with Gasteiger partial charge in [-0.15, -0.1) is 0 Å². The molecule has 0 heterocycles. The third-order valence-electron chi connectivity index (χ3n) is 3.03. The van der Waals surface area contributed by atoms with E-state index < -0.39 is 32.9 Å². The fraction of sp³-hybridized carbons (Fsp3) is 0. The zero-order valence-corrected chi connectivity index (χ0v) is 12.3. The number of carbonyl (C=O) groups excluding carboxylic acids is 1. The van der Waals surface area contributed by atoms with Gasteiger partial charge in [-0.2, -0.15) is 5.10 Å². The van der Waals surface area contributed by atoms with Gasteiger partial charge in [-0.05, 0) is 12.1 Å². The number of rotatable bonds is 5. The van der Waals surface area contributed by atoms with Crippen molar-refractivity contribution in [2.75, 3.05) is 0 Å². The molecule has 0 radical (unpaired) electrons. The summed E-state index contributed by atoms with van der Waals surface area (Å²) >= 11 is 0. The minimum atomic E-state index is -0.986. The van der Waals surface area contributed by atoms with Gasteiger partial charge in [0.2, 0.25) is 5.75 Å². The number of hydrazone groups is 1. The summed E-state index contributed by atoms with van der Waals surface area (Å²) in [6.07, 6.45) is 0.813. The smallest absolute Gasteiger partial charge is 0.318 e. The Morgan fingerprint density at radius 2 is 1.80 bits per heavy atom. The maximum absolute atomic E-state index is 11.8. The number of nitrogens with one attached hydrogen (secondary N) is 1. The number of hydrogen-bond donors (Lipinski definition) is 3. The summed E-state index contributed by atoms with van der Waals surface area (Å²) in [5.74, 6) is -1.91. The van der Waals surface area contributed by atoms with Crippen LogP contribution in [0, 0.1) is 20.2 Å². The number of aromatic hydroxyl groups is 2. The molecule has 0 spiro atoms. The van der Waals surface area contributed by atoms with Crippen LogP contribution in [0.3, 0.4) is 0 Å². The fourth-order valence-electron chi connectivity index (χ4n) is 1.85. The number of carbonyl (C=O) groups is 1. The summed E-state index contributed by atoms with van der Waals surface area (Å²) in [6.45, 7) is 0. The fourth-order valence-corrected chi connectivity index (χ4v) is 1.85. The van der Waals surface area contributed by atoms with Gasteiger partial charge >= 0.3 is 5.69 Å². The summed E-state index contributed by atoms with van der Waals surface area (Å²) in [6, 6.07) is 7.10. The molecule has 0 aliphatic heterocycles. The molecule has 11 nitrogen and oxygen atoms in total. The Kier molecular flexibility index (Phi) is 4.88. The predicted octanol–water partition coefficient (Wildman–Crippen LogP) is 1.68. The monoisotopic (exact) mass is 346 g/mol. The lowest BCUT2D eigenvalue weighted by atomic mass is 10.1. The van der Waals surface area contributed by atoms with E-state index in [1.807, 2.05) is 5.43 Å². The van der Waals surface area contributed by atoms with Crippen molar-refractivity contribution in [1.29, 1.82) is 0 Å². The minimum Gasteiger partial charge on any atom is -0.507 e. The van der Waals surface area contributed by atoms with E-state index in [1.54, 1.807) is 0 Å². The van der Waals surface area contributed by atoms with Crippen molar-refractivity contribution in [3.8, 4) is 11.5 Å². The highest BCUT2D eigenvalue weighted by atomic mass is 16.6. The standard InChI is InChI=1S/C14H10N4O7/c19-12-4-2-1-3-10(12)14(21)16-15-7-8-5-9(17(22)23)6-11(13(8)20)18(24)25/h1-7,19-20H,(H,16,21)/b15-7+.